The largest absolute Gasteiger partial charge is 0.497 e. The van der Waals surface area contributed by atoms with Crippen molar-refractivity contribution >= 4 is 22.1 Å². The lowest BCUT2D eigenvalue weighted by Gasteiger charge is -2.22. The van der Waals surface area contributed by atoms with E-state index in [1.165, 1.54) is 31.4 Å². The first-order valence-corrected chi connectivity index (χ1v) is 9.88. The van der Waals surface area contributed by atoms with Crippen LogP contribution in [0.4, 0.5) is 4.79 Å². The third-order valence-electron chi connectivity index (χ3n) is 3.41. The molecule has 0 aliphatic rings. The van der Waals surface area contributed by atoms with Gasteiger partial charge in [-0.1, -0.05) is 0 Å². The van der Waals surface area contributed by atoms with Gasteiger partial charge in [0.05, 0.1) is 18.1 Å². The van der Waals surface area contributed by atoms with Crippen molar-refractivity contribution in [2.75, 3.05) is 13.7 Å². The van der Waals surface area contributed by atoms with E-state index in [0.717, 1.165) is 0 Å². The van der Waals surface area contributed by atoms with Crippen molar-refractivity contribution < 1.29 is 37.7 Å². The summed E-state index contributed by atoms with van der Waals surface area (Å²) in [7, 11) is -2.78. The number of carbonyl (C=O) groups excluding carboxylic acids is 1. The van der Waals surface area contributed by atoms with Crippen molar-refractivity contribution in [3.63, 3.8) is 0 Å². The first-order chi connectivity index (χ1) is 12.9. The highest BCUT2D eigenvalue weighted by Crippen LogP contribution is 2.16. The SMILES string of the molecule is COc1ccc(S(=O)(=O)N[C@@H](C(=O)O)[C@H](O)CCNC(=O)OC(C)(C)C)cc1. The number of carboxylic acid groups (broad SMARTS) is 1. The maximum Gasteiger partial charge on any atom is 0.407 e. The molecule has 0 unspecified atom stereocenters. The maximum absolute atomic E-state index is 12.4. The lowest BCUT2D eigenvalue weighted by atomic mass is 10.1. The fourth-order valence-electron chi connectivity index (χ4n) is 2.09. The number of sulfonamides is 1. The molecule has 2 atom stereocenters. The summed E-state index contributed by atoms with van der Waals surface area (Å²) < 4.78 is 36.7. The van der Waals surface area contributed by atoms with Gasteiger partial charge in [-0.2, -0.15) is 4.72 Å². The summed E-state index contributed by atoms with van der Waals surface area (Å²) in [5.41, 5.74) is -0.708. The van der Waals surface area contributed by atoms with Crippen LogP contribution in [0, 0.1) is 0 Å². The van der Waals surface area contributed by atoms with E-state index in [0.29, 0.717) is 5.75 Å². The van der Waals surface area contributed by atoms with Crippen LogP contribution in [0.1, 0.15) is 27.2 Å². The van der Waals surface area contributed by atoms with E-state index >= 15 is 0 Å². The Kier molecular flexibility index (Phi) is 8.21. The quantitative estimate of drug-likeness (QED) is 0.457. The number of carboxylic acids is 1. The second-order valence-electron chi connectivity index (χ2n) is 6.90. The third kappa shape index (κ3) is 7.71. The van der Waals surface area contributed by atoms with Crippen LogP contribution >= 0.6 is 0 Å². The van der Waals surface area contributed by atoms with E-state index in [1.807, 2.05) is 4.72 Å². The van der Waals surface area contributed by atoms with Crippen molar-refractivity contribution in [2.45, 2.75) is 49.8 Å². The van der Waals surface area contributed by atoms with Crippen LogP contribution in [0.3, 0.4) is 0 Å². The number of aliphatic hydroxyl groups excluding tert-OH is 1. The maximum atomic E-state index is 12.4. The number of aliphatic carboxylic acids is 1. The molecule has 28 heavy (non-hydrogen) atoms. The van der Waals surface area contributed by atoms with E-state index in [1.54, 1.807) is 20.8 Å². The lowest BCUT2D eigenvalue weighted by molar-refractivity contribution is -0.141. The molecular weight excluding hydrogens is 392 g/mol. The summed E-state index contributed by atoms with van der Waals surface area (Å²) in [4.78, 5) is 22.8. The summed E-state index contributed by atoms with van der Waals surface area (Å²) in [5.74, 6) is -1.12. The molecule has 10 nitrogen and oxygen atoms in total. The molecule has 0 saturated heterocycles. The number of alkyl carbamates (subject to hydrolysis) is 1. The van der Waals surface area contributed by atoms with Crippen LogP contribution in [-0.4, -0.2) is 62.1 Å². The van der Waals surface area contributed by atoms with Crippen molar-refractivity contribution in [2.24, 2.45) is 0 Å². The van der Waals surface area contributed by atoms with Crippen molar-refractivity contribution in [1.29, 1.82) is 0 Å². The monoisotopic (exact) mass is 418 g/mol. The smallest absolute Gasteiger partial charge is 0.407 e. The van der Waals surface area contributed by atoms with Gasteiger partial charge in [0.1, 0.15) is 17.4 Å². The molecule has 1 aromatic carbocycles. The van der Waals surface area contributed by atoms with Crippen LogP contribution < -0.4 is 14.8 Å². The molecule has 11 heteroatoms. The molecule has 0 aliphatic carbocycles. The lowest BCUT2D eigenvalue weighted by Crippen LogP contribution is -2.49. The number of benzene rings is 1. The van der Waals surface area contributed by atoms with Gasteiger partial charge < -0.3 is 25.0 Å². The number of nitrogens with one attached hydrogen (secondary N) is 2. The number of hydrogen-bond acceptors (Lipinski definition) is 7. The molecule has 0 aromatic heterocycles. The molecule has 0 saturated carbocycles. The minimum absolute atomic E-state index is 0.107. The topological polar surface area (TPSA) is 151 Å². The Labute approximate surface area is 163 Å². The van der Waals surface area contributed by atoms with Crippen LogP contribution in [-0.2, 0) is 19.6 Å². The second-order valence-corrected chi connectivity index (χ2v) is 8.61. The Morgan fingerprint density at radius 2 is 1.75 bits per heavy atom. The highest BCUT2D eigenvalue weighted by molar-refractivity contribution is 7.89. The van der Waals surface area contributed by atoms with Gasteiger partial charge >= 0.3 is 12.1 Å². The van der Waals surface area contributed by atoms with Gasteiger partial charge in [-0.25, -0.2) is 13.2 Å². The van der Waals surface area contributed by atoms with Gasteiger partial charge in [0.2, 0.25) is 10.0 Å². The zero-order valence-corrected chi connectivity index (χ0v) is 16.9. The molecule has 1 amide bonds. The second kappa shape index (κ2) is 9.71. The first-order valence-electron chi connectivity index (χ1n) is 8.40. The van der Waals surface area contributed by atoms with Gasteiger partial charge in [0.15, 0.2) is 0 Å². The fraction of sp³-hybridized carbons (Fsp3) is 0.529. The standard InChI is InChI=1S/C17H26N2O8S/c1-17(2,3)27-16(23)18-10-9-13(20)14(15(21)22)19-28(24,25)12-7-5-11(26-4)6-8-12/h5-8,13-14,19-20H,9-10H2,1-4H3,(H,18,23)(H,21,22)/t13-,14-/m1/s1. The predicted octanol–water partition coefficient (Wildman–Crippen LogP) is 0.702. The van der Waals surface area contributed by atoms with Crippen LogP contribution in [0.5, 0.6) is 5.75 Å². The Balaban J connectivity index is 2.73. The number of ether oxygens (including phenoxy) is 2. The number of hydrogen-bond donors (Lipinski definition) is 4. The molecule has 0 spiro atoms. The Morgan fingerprint density at radius 1 is 1.18 bits per heavy atom. The molecule has 1 rings (SSSR count). The summed E-state index contributed by atoms with van der Waals surface area (Å²) in [6.45, 7) is 4.92. The molecule has 0 heterocycles. The van der Waals surface area contributed by atoms with Gasteiger partial charge in [-0.05, 0) is 51.5 Å². The van der Waals surface area contributed by atoms with Gasteiger partial charge in [0.25, 0.3) is 0 Å². The zero-order valence-electron chi connectivity index (χ0n) is 16.1. The molecule has 4 N–H and O–H groups in total. The summed E-state index contributed by atoms with van der Waals surface area (Å²) in [6.07, 6.45) is -2.52. The average molecular weight is 418 g/mol. The van der Waals surface area contributed by atoms with Crippen molar-refractivity contribution in [1.82, 2.24) is 10.0 Å². The van der Waals surface area contributed by atoms with Crippen molar-refractivity contribution in [3.05, 3.63) is 24.3 Å². The minimum Gasteiger partial charge on any atom is -0.497 e. The third-order valence-corrected chi connectivity index (χ3v) is 4.87. The van der Waals surface area contributed by atoms with E-state index in [9.17, 15) is 28.2 Å². The number of methoxy groups -OCH3 is 1. The Bertz CT molecular complexity index is 771. The van der Waals surface area contributed by atoms with Crippen LogP contribution in [0.25, 0.3) is 0 Å². The summed E-state index contributed by atoms with van der Waals surface area (Å²) in [6, 6.07) is 3.51. The minimum atomic E-state index is -4.20. The zero-order chi connectivity index (χ0) is 21.5. The summed E-state index contributed by atoms with van der Waals surface area (Å²) in [5, 5.41) is 21.7. The highest BCUT2D eigenvalue weighted by atomic mass is 32.2. The first kappa shape index (κ1) is 23.7. The van der Waals surface area contributed by atoms with E-state index < -0.39 is 39.8 Å². The number of aliphatic hydroxyl groups is 1. The van der Waals surface area contributed by atoms with Gasteiger partial charge in [0, 0.05) is 6.54 Å². The van der Waals surface area contributed by atoms with Crippen LogP contribution in [0.2, 0.25) is 0 Å². The van der Waals surface area contributed by atoms with E-state index in [-0.39, 0.29) is 17.9 Å². The normalized spacial score (nSPS) is 14.0. The van der Waals surface area contributed by atoms with E-state index in [2.05, 4.69) is 5.32 Å². The molecule has 0 aliphatic heterocycles. The van der Waals surface area contributed by atoms with E-state index in [4.69, 9.17) is 9.47 Å². The molecule has 0 bridgehead atoms. The number of rotatable bonds is 9. The van der Waals surface area contributed by atoms with Gasteiger partial charge in [-0.15, -0.1) is 0 Å². The molecule has 0 radical (unpaired) electrons. The fourth-order valence-corrected chi connectivity index (χ4v) is 3.31. The molecule has 0 fully saturated rings. The predicted molar refractivity (Wildman–Crippen MR) is 99.6 cm³/mol. The summed E-state index contributed by atoms with van der Waals surface area (Å²) >= 11 is 0. The average Bonchev–Trinajstić information content (AvgIpc) is 2.57. The van der Waals surface area contributed by atoms with Gasteiger partial charge in [-0.3, -0.25) is 4.79 Å². The number of amides is 1. The molecule has 158 valence electrons. The number of carbonyl (C=O) groups is 2. The highest BCUT2D eigenvalue weighted by Gasteiger charge is 2.31. The molecule has 1 aromatic rings. The van der Waals surface area contributed by atoms with Crippen LogP contribution in [0.15, 0.2) is 29.2 Å². The van der Waals surface area contributed by atoms with Crippen molar-refractivity contribution in [3.8, 4) is 5.75 Å². The Hall–Kier alpha value is -2.37. The Morgan fingerprint density at radius 3 is 2.21 bits per heavy atom. The molecular formula is C17H26N2O8S.